The molecule has 0 aromatic carbocycles. The van der Waals surface area contributed by atoms with Gasteiger partial charge in [0, 0.05) is 17.9 Å². The van der Waals surface area contributed by atoms with Crippen LogP contribution in [0.25, 0.3) is 0 Å². The molecule has 1 rings (SSSR count). The molecule has 1 aliphatic rings. The molecule has 0 N–H and O–H groups in total. The monoisotopic (exact) mass is 496 g/mol. The summed E-state index contributed by atoms with van der Waals surface area (Å²) in [4.78, 5) is 25.2. The third kappa shape index (κ3) is 7.31. The maximum atomic E-state index is 12.6. The Labute approximate surface area is 184 Å². The smallest absolute Gasteiger partial charge is 0.320 e. The van der Waals surface area contributed by atoms with E-state index in [-0.39, 0.29) is 24.9 Å². The summed E-state index contributed by atoms with van der Waals surface area (Å²) in [5.74, 6) is -2.42. The summed E-state index contributed by atoms with van der Waals surface area (Å²) in [6, 6.07) is 0. The van der Waals surface area contributed by atoms with Crippen molar-refractivity contribution >= 4 is 36.2 Å². The van der Waals surface area contributed by atoms with Gasteiger partial charge in [-0.2, -0.15) is 0 Å². The second-order valence-corrected chi connectivity index (χ2v) is 13.9. The quantitative estimate of drug-likeness (QED) is 0.141. The number of alkyl halides is 1. The lowest BCUT2D eigenvalue weighted by molar-refractivity contribution is -0.182. The van der Waals surface area contributed by atoms with Crippen LogP contribution in [-0.2, 0) is 33.0 Å². The molecule has 0 radical (unpaired) electrons. The van der Waals surface area contributed by atoms with Gasteiger partial charge in [0.2, 0.25) is 0 Å². The highest BCUT2D eigenvalue weighted by molar-refractivity contribution is 9.09. The van der Waals surface area contributed by atoms with E-state index in [1.807, 2.05) is 0 Å². The van der Waals surface area contributed by atoms with Crippen LogP contribution >= 0.6 is 15.9 Å². The molecule has 7 nitrogen and oxygen atoms in total. The van der Waals surface area contributed by atoms with Gasteiger partial charge >= 0.3 is 11.9 Å². The number of carbonyl (C=O) groups excluding carboxylic acids is 2. The summed E-state index contributed by atoms with van der Waals surface area (Å²) in [5.41, 5.74) is -0.498. The number of esters is 2. The maximum absolute atomic E-state index is 12.6. The summed E-state index contributed by atoms with van der Waals surface area (Å²) in [5, 5.41) is 0.664. The van der Waals surface area contributed by atoms with Crippen molar-refractivity contribution in [1.29, 1.82) is 0 Å². The Morgan fingerprint density at radius 3 is 2.14 bits per heavy atom. The van der Waals surface area contributed by atoms with Gasteiger partial charge in [-0.3, -0.25) is 9.59 Å². The Balaban J connectivity index is 3.34. The van der Waals surface area contributed by atoms with Crippen LogP contribution in [0.4, 0.5) is 0 Å². The molecule has 4 atom stereocenters. The first-order valence-corrected chi connectivity index (χ1v) is 14.6. The van der Waals surface area contributed by atoms with Crippen LogP contribution in [0.1, 0.15) is 32.6 Å². The number of carbonyl (C=O) groups is 2. The summed E-state index contributed by atoms with van der Waals surface area (Å²) in [7, 11) is 2.39. The topological polar surface area (TPSA) is 80.3 Å². The van der Waals surface area contributed by atoms with E-state index < -0.39 is 31.6 Å². The molecule has 1 aliphatic carbocycles. The lowest BCUT2D eigenvalue weighted by Gasteiger charge is -2.50. The summed E-state index contributed by atoms with van der Waals surface area (Å²) in [6.07, 6.45) is 2.79. The van der Waals surface area contributed by atoms with Crippen molar-refractivity contribution in [3.63, 3.8) is 0 Å². The van der Waals surface area contributed by atoms with Crippen LogP contribution in [0.15, 0.2) is 0 Å². The van der Waals surface area contributed by atoms with Crippen LogP contribution < -0.4 is 0 Å². The highest BCUT2D eigenvalue weighted by atomic mass is 79.9. The average Bonchev–Trinajstić information content (AvgIpc) is 2.66. The Morgan fingerprint density at radius 2 is 1.69 bits per heavy atom. The molecule has 0 aromatic rings. The van der Waals surface area contributed by atoms with Gasteiger partial charge in [0.05, 0.1) is 26.4 Å². The van der Waals surface area contributed by atoms with Gasteiger partial charge in [0.15, 0.2) is 14.2 Å². The van der Waals surface area contributed by atoms with Gasteiger partial charge in [0.25, 0.3) is 0 Å². The number of methoxy groups -OCH3 is 3. The Morgan fingerprint density at radius 1 is 1.10 bits per heavy atom. The number of rotatable bonds is 11. The molecule has 0 bridgehead atoms. The highest BCUT2D eigenvalue weighted by Gasteiger charge is 2.53. The van der Waals surface area contributed by atoms with E-state index in [0.29, 0.717) is 18.2 Å². The molecule has 0 aromatic heterocycles. The zero-order chi connectivity index (χ0) is 22.2. The second-order valence-electron chi connectivity index (χ2n) is 8.84. The number of ether oxygens (including phenoxy) is 4. The largest absolute Gasteiger partial charge is 0.468 e. The van der Waals surface area contributed by atoms with Gasteiger partial charge in [-0.25, -0.2) is 0 Å². The van der Waals surface area contributed by atoms with Crippen molar-refractivity contribution in [2.24, 2.45) is 17.3 Å². The zero-order valence-electron chi connectivity index (χ0n) is 18.8. The van der Waals surface area contributed by atoms with E-state index in [4.69, 9.17) is 23.4 Å². The molecule has 0 unspecified atom stereocenters. The molecule has 1 fully saturated rings. The maximum Gasteiger partial charge on any atom is 0.320 e. The zero-order valence-corrected chi connectivity index (χ0v) is 21.4. The number of hydrogen-bond donors (Lipinski definition) is 0. The standard InChI is InChI=1S/C20H37BrO7Si/c1-20(11-14(12-21)28-29(5,6)7)15(9-8-10-16(20)27-13-24-2)17(18(22)25-3)19(23)26-4/h14-17H,8-13H2,1-7H3/t14-,15-,16-,20-/m1/s1. The van der Waals surface area contributed by atoms with Crippen LogP contribution in [0.5, 0.6) is 0 Å². The Kier molecular flexibility index (Phi) is 10.8. The molecular weight excluding hydrogens is 460 g/mol. The van der Waals surface area contributed by atoms with Crippen LogP contribution in [0.3, 0.4) is 0 Å². The molecule has 29 heavy (non-hydrogen) atoms. The fraction of sp³-hybridized carbons (Fsp3) is 0.900. The molecule has 9 heteroatoms. The van der Waals surface area contributed by atoms with Crippen molar-refractivity contribution in [3.8, 4) is 0 Å². The van der Waals surface area contributed by atoms with Crippen molar-refractivity contribution in [2.75, 3.05) is 33.5 Å². The van der Waals surface area contributed by atoms with Crippen molar-refractivity contribution in [1.82, 2.24) is 0 Å². The first-order chi connectivity index (χ1) is 13.5. The molecule has 0 amide bonds. The van der Waals surface area contributed by atoms with Gasteiger partial charge in [-0.05, 0) is 44.8 Å². The lowest BCUT2D eigenvalue weighted by atomic mass is 9.59. The predicted octanol–water partition coefficient (Wildman–Crippen LogP) is 3.75. The first-order valence-electron chi connectivity index (χ1n) is 10.0. The van der Waals surface area contributed by atoms with E-state index in [2.05, 4.69) is 42.5 Å². The fourth-order valence-electron chi connectivity index (χ4n) is 4.47. The Hall–Kier alpha value is -0.483. The fourth-order valence-corrected chi connectivity index (χ4v) is 6.24. The van der Waals surface area contributed by atoms with E-state index in [1.165, 1.54) is 14.2 Å². The normalized spacial score (nSPS) is 26.2. The molecule has 1 saturated carbocycles. The van der Waals surface area contributed by atoms with E-state index in [9.17, 15) is 9.59 Å². The molecule has 0 spiro atoms. The molecular formula is C20H37BrO7Si. The summed E-state index contributed by atoms with van der Waals surface area (Å²) in [6.45, 7) is 8.68. The third-order valence-electron chi connectivity index (χ3n) is 5.62. The summed E-state index contributed by atoms with van der Waals surface area (Å²) < 4.78 is 27.5. The average molecular weight is 497 g/mol. The number of halogens is 1. The third-order valence-corrected chi connectivity index (χ3v) is 7.39. The van der Waals surface area contributed by atoms with Gasteiger partial charge in [-0.1, -0.05) is 29.3 Å². The number of hydrogen-bond acceptors (Lipinski definition) is 7. The molecule has 0 saturated heterocycles. The van der Waals surface area contributed by atoms with Gasteiger partial charge in [0.1, 0.15) is 6.79 Å². The van der Waals surface area contributed by atoms with E-state index in [1.54, 1.807) is 7.11 Å². The van der Waals surface area contributed by atoms with E-state index in [0.717, 1.165) is 12.8 Å². The van der Waals surface area contributed by atoms with Gasteiger partial charge in [-0.15, -0.1) is 0 Å². The van der Waals surface area contributed by atoms with Gasteiger partial charge < -0.3 is 23.4 Å². The first kappa shape index (κ1) is 26.6. The lowest BCUT2D eigenvalue weighted by Crippen LogP contribution is -2.53. The van der Waals surface area contributed by atoms with Crippen molar-refractivity contribution in [3.05, 3.63) is 0 Å². The van der Waals surface area contributed by atoms with Crippen LogP contribution in [-0.4, -0.2) is 65.9 Å². The van der Waals surface area contributed by atoms with Crippen molar-refractivity contribution < 1.29 is 33.0 Å². The Bertz CT molecular complexity index is 523. The second kappa shape index (κ2) is 11.8. The minimum Gasteiger partial charge on any atom is -0.468 e. The predicted molar refractivity (Wildman–Crippen MR) is 116 cm³/mol. The molecule has 0 aliphatic heterocycles. The summed E-state index contributed by atoms with van der Waals surface area (Å²) >= 11 is 3.58. The van der Waals surface area contributed by atoms with Crippen LogP contribution in [0.2, 0.25) is 19.6 Å². The van der Waals surface area contributed by atoms with Crippen LogP contribution in [0, 0.1) is 17.3 Å². The molecule has 170 valence electrons. The minimum absolute atomic E-state index is 0.0585. The highest BCUT2D eigenvalue weighted by Crippen LogP contribution is 2.50. The van der Waals surface area contributed by atoms with Crippen molar-refractivity contribution in [2.45, 2.75) is 64.5 Å². The SMILES string of the molecule is COCO[C@@H]1CCC[C@H](C(C(=O)OC)C(=O)OC)[C@@]1(C)C[C@H](CBr)O[Si](C)(C)C. The van der Waals surface area contributed by atoms with E-state index >= 15 is 0 Å². The minimum atomic E-state index is -1.79. The molecule has 0 heterocycles.